The molecule has 0 amide bonds. The fraction of sp³-hybridized carbons (Fsp3) is 0.0303. The van der Waals surface area contributed by atoms with Crippen LogP contribution in [0.5, 0.6) is 11.5 Å². The first-order valence-corrected chi connectivity index (χ1v) is 13.8. The standard InChI is InChI=1S/C20H13O4P.C10H8.C3H6/c21-25(22)23-17-11-9-13-5-1-3-7-15(13)19(17)20-16-8-4-2-6-14(16)10-12-18(20)24-25;1-2-6-10-8-4-3-7-9(10)5-1;1-3-2/h1-12H,(H,21,22);1-8H;3H,1H2,2H3. The number of phosphoric acid groups is 1. The highest BCUT2D eigenvalue weighted by atomic mass is 31.2. The van der Waals surface area contributed by atoms with E-state index in [0.717, 1.165) is 32.7 Å². The van der Waals surface area contributed by atoms with E-state index in [-0.39, 0.29) is 0 Å². The Balaban J connectivity index is 0.000000188. The van der Waals surface area contributed by atoms with Gasteiger partial charge in [-0.25, -0.2) is 4.57 Å². The molecular weight excluding hydrogens is 491 g/mol. The van der Waals surface area contributed by atoms with E-state index in [1.165, 1.54) is 10.8 Å². The first-order valence-electron chi connectivity index (χ1n) is 12.3. The van der Waals surface area contributed by atoms with Crippen molar-refractivity contribution in [3.8, 4) is 22.6 Å². The molecule has 0 aliphatic carbocycles. The Hall–Kier alpha value is -4.37. The van der Waals surface area contributed by atoms with Crippen molar-refractivity contribution >= 4 is 40.1 Å². The van der Waals surface area contributed by atoms with Gasteiger partial charge in [0.05, 0.1) is 0 Å². The third kappa shape index (κ3) is 5.19. The fourth-order valence-corrected chi connectivity index (χ4v) is 5.41. The van der Waals surface area contributed by atoms with Crippen LogP contribution in [0.1, 0.15) is 6.92 Å². The Morgan fingerprint density at radius 3 is 1.26 bits per heavy atom. The molecule has 0 saturated heterocycles. The van der Waals surface area contributed by atoms with Crippen molar-refractivity contribution in [3.63, 3.8) is 0 Å². The molecule has 6 aromatic carbocycles. The minimum absolute atomic E-state index is 0.347. The molecule has 0 bridgehead atoms. The van der Waals surface area contributed by atoms with E-state index in [4.69, 9.17) is 9.05 Å². The minimum atomic E-state index is -4.25. The average Bonchev–Trinajstić information content (AvgIpc) is 3.06. The van der Waals surface area contributed by atoms with Crippen molar-refractivity contribution in [2.45, 2.75) is 6.92 Å². The molecule has 0 spiro atoms. The molecule has 1 aliphatic rings. The van der Waals surface area contributed by atoms with Gasteiger partial charge in [0.25, 0.3) is 0 Å². The van der Waals surface area contributed by atoms with Crippen molar-refractivity contribution in [1.29, 1.82) is 0 Å². The van der Waals surface area contributed by atoms with Crippen LogP contribution in [-0.2, 0) is 4.57 Å². The average molecular weight is 519 g/mol. The van der Waals surface area contributed by atoms with Gasteiger partial charge >= 0.3 is 7.82 Å². The van der Waals surface area contributed by atoms with Crippen molar-refractivity contribution in [2.75, 3.05) is 0 Å². The van der Waals surface area contributed by atoms with E-state index >= 15 is 0 Å². The van der Waals surface area contributed by atoms with Crippen LogP contribution >= 0.6 is 7.82 Å². The maximum atomic E-state index is 12.4. The predicted molar refractivity (Wildman–Crippen MR) is 158 cm³/mol. The zero-order valence-electron chi connectivity index (χ0n) is 21.0. The molecule has 0 fully saturated rings. The molecule has 188 valence electrons. The second-order valence-corrected chi connectivity index (χ2v) is 10.0. The van der Waals surface area contributed by atoms with E-state index in [2.05, 4.69) is 55.1 Å². The number of hydrogen-bond acceptors (Lipinski definition) is 3. The summed E-state index contributed by atoms with van der Waals surface area (Å²) in [5, 5.41) is 6.57. The van der Waals surface area contributed by atoms with E-state index in [1.54, 1.807) is 18.2 Å². The van der Waals surface area contributed by atoms with Gasteiger partial charge in [0.15, 0.2) is 0 Å². The van der Waals surface area contributed by atoms with Crippen molar-refractivity contribution in [1.82, 2.24) is 0 Å². The molecule has 4 nitrogen and oxygen atoms in total. The lowest BCUT2D eigenvalue weighted by Gasteiger charge is -2.13. The van der Waals surface area contributed by atoms with Gasteiger partial charge in [0.1, 0.15) is 11.5 Å². The van der Waals surface area contributed by atoms with Crippen LogP contribution in [0.4, 0.5) is 0 Å². The normalized spacial score (nSPS) is 12.8. The first-order chi connectivity index (χ1) is 18.5. The van der Waals surface area contributed by atoms with Crippen molar-refractivity contribution < 1.29 is 18.5 Å². The maximum absolute atomic E-state index is 12.4. The Bertz CT molecular complexity index is 1650. The van der Waals surface area contributed by atoms with Crippen LogP contribution in [0.15, 0.2) is 134 Å². The molecule has 0 saturated carbocycles. The van der Waals surface area contributed by atoms with Crippen LogP contribution in [-0.4, -0.2) is 4.89 Å². The molecule has 1 N–H and O–H groups in total. The van der Waals surface area contributed by atoms with Gasteiger partial charge in [-0.05, 0) is 51.4 Å². The number of allylic oxidation sites excluding steroid dienone is 1. The molecule has 0 unspecified atom stereocenters. The summed E-state index contributed by atoms with van der Waals surface area (Å²) in [7, 11) is -4.25. The van der Waals surface area contributed by atoms with E-state index < -0.39 is 7.82 Å². The molecule has 0 aromatic heterocycles. The Morgan fingerprint density at radius 1 is 0.579 bits per heavy atom. The van der Waals surface area contributed by atoms with Gasteiger partial charge in [-0.1, -0.05) is 115 Å². The molecular formula is C33H27O4P. The Kier molecular flexibility index (Phi) is 7.28. The number of rotatable bonds is 0. The number of phosphoric ester groups is 1. The van der Waals surface area contributed by atoms with E-state index in [9.17, 15) is 9.46 Å². The summed E-state index contributed by atoms with van der Waals surface area (Å²) in [6.07, 6.45) is 1.75. The molecule has 6 aromatic rings. The molecule has 7 rings (SSSR count). The van der Waals surface area contributed by atoms with Gasteiger partial charge < -0.3 is 9.05 Å². The lowest BCUT2D eigenvalue weighted by atomic mass is 9.92. The minimum Gasteiger partial charge on any atom is -0.395 e. The zero-order chi connectivity index (χ0) is 26.5. The zero-order valence-corrected chi connectivity index (χ0v) is 21.8. The molecule has 0 atom stereocenters. The largest absolute Gasteiger partial charge is 0.584 e. The third-order valence-electron chi connectivity index (χ3n) is 6.12. The number of fused-ring (bicyclic) bond motifs is 8. The molecule has 5 heteroatoms. The number of hydrogen-bond donors (Lipinski definition) is 1. The van der Waals surface area contributed by atoms with E-state index in [1.807, 2.05) is 67.6 Å². The lowest BCUT2D eigenvalue weighted by Crippen LogP contribution is -1.97. The summed E-state index contributed by atoms with van der Waals surface area (Å²) in [5.74, 6) is 0.694. The van der Waals surface area contributed by atoms with Gasteiger partial charge in [0.2, 0.25) is 0 Å². The molecule has 1 heterocycles. The highest BCUT2D eigenvalue weighted by Crippen LogP contribution is 2.56. The predicted octanol–water partition coefficient (Wildman–Crippen LogP) is 9.56. The van der Waals surface area contributed by atoms with Crippen LogP contribution in [0.2, 0.25) is 0 Å². The van der Waals surface area contributed by atoms with Crippen LogP contribution in [0.3, 0.4) is 0 Å². The Labute approximate surface area is 222 Å². The summed E-state index contributed by atoms with van der Waals surface area (Å²) in [6.45, 7) is 5.25. The van der Waals surface area contributed by atoms with Gasteiger partial charge in [-0.3, -0.25) is 4.89 Å². The summed E-state index contributed by atoms with van der Waals surface area (Å²) in [5.41, 5.74) is 1.55. The van der Waals surface area contributed by atoms with Crippen molar-refractivity contribution in [2.24, 2.45) is 0 Å². The maximum Gasteiger partial charge on any atom is 0.584 e. The second kappa shape index (κ2) is 10.9. The monoisotopic (exact) mass is 518 g/mol. The summed E-state index contributed by atoms with van der Waals surface area (Å²) in [6, 6.07) is 39.7. The fourth-order valence-electron chi connectivity index (χ4n) is 4.57. The topological polar surface area (TPSA) is 55.8 Å². The van der Waals surface area contributed by atoms with Crippen LogP contribution < -0.4 is 9.05 Å². The quantitative estimate of drug-likeness (QED) is 0.161. The summed E-state index contributed by atoms with van der Waals surface area (Å²) >= 11 is 0. The molecule has 0 radical (unpaired) electrons. The third-order valence-corrected chi connectivity index (χ3v) is 6.97. The summed E-state index contributed by atoms with van der Waals surface area (Å²) in [4.78, 5) is 10.1. The lowest BCUT2D eigenvalue weighted by molar-refractivity contribution is 0.294. The number of benzene rings is 6. The van der Waals surface area contributed by atoms with Gasteiger partial charge in [-0.2, -0.15) is 0 Å². The first kappa shape index (κ1) is 25.3. The Morgan fingerprint density at radius 2 is 0.895 bits per heavy atom. The van der Waals surface area contributed by atoms with Crippen LogP contribution in [0, 0.1) is 0 Å². The SMILES string of the molecule is C=CC.O=P1(O)Oc2ccc3ccccc3c2-c2c(ccc3ccccc23)O1.c1ccc2ccccc2c1. The van der Waals surface area contributed by atoms with Gasteiger partial charge in [0, 0.05) is 11.1 Å². The highest BCUT2D eigenvalue weighted by molar-refractivity contribution is 7.48. The molecule has 38 heavy (non-hydrogen) atoms. The van der Waals surface area contributed by atoms with Crippen LogP contribution in [0.25, 0.3) is 43.4 Å². The van der Waals surface area contributed by atoms with E-state index in [0.29, 0.717) is 11.5 Å². The molecule has 1 aliphatic heterocycles. The van der Waals surface area contributed by atoms with Gasteiger partial charge in [-0.15, -0.1) is 6.58 Å². The second-order valence-electron chi connectivity index (χ2n) is 8.73. The van der Waals surface area contributed by atoms with Crippen molar-refractivity contribution in [3.05, 3.63) is 134 Å². The highest BCUT2D eigenvalue weighted by Gasteiger charge is 2.33. The smallest absolute Gasteiger partial charge is 0.395 e. The summed E-state index contributed by atoms with van der Waals surface area (Å²) < 4.78 is 23.1.